The molecule has 0 fully saturated rings. The van der Waals surface area contributed by atoms with Crippen LogP contribution in [0.2, 0.25) is 0 Å². The van der Waals surface area contributed by atoms with Crippen LogP contribution in [0.5, 0.6) is 0 Å². The normalized spacial score (nSPS) is 12.2. The first-order valence-electron chi connectivity index (χ1n) is 26.8. The Morgan fingerprint density at radius 2 is 0.597 bits per heavy atom. The smallest absolute Gasteiger partial charge is 0.0541 e. The van der Waals surface area contributed by atoms with Gasteiger partial charge in [-0.15, -0.1) is 0 Å². The predicted octanol–water partition coefficient (Wildman–Crippen LogP) is 21.3. The van der Waals surface area contributed by atoms with Gasteiger partial charge in [-0.05, 0) is 184 Å². The van der Waals surface area contributed by atoms with Crippen LogP contribution in [0.15, 0.2) is 273 Å². The Labute approximate surface area is 444 Å². The lowest BCUT2D eigenvalue weighted by atomic mass is 9.83. The van der Waals surface area contributed by atoms with E-state index in [1.165, 1.54) is 163 Å². The molecule has 0 unspecified atom stereocenters. The van der Waals surface area contributed by atoms with E-state index in [4.69, 9.17) is 0 Å². The van der Waals surface area contributed by atoms with Gasteiger partial charge in [0, 0.05) is 16.5 Å². The number of hydrogen-bond acceptors (Lipinski definition) is 0. The van der Waals surface area contributed by atoms with E-state index in [1.54, 1.807) is 0 Å². The topological polar surface area (TPSA) is 4.93 Å². The Hall–Kier alpha value is -10.1. The highest BCUT2D eigenvalue weighted by Gasteiger charge is 2.23. The lowest BCUT2D eigenvalue weighted by molar-refractivity contribution is 1.19. The molecule has 0 bridgehead atoms. The van der Waals surface area contributed by atoms with Gasteiger partial charge in [0.2, 0.25) is 0 Å². The second kappa shape index (κ2) is 16.2. The molecule has 0 aliphatic carbocycles. The van der Waals surface area contributed by atoms with Gasteiger partial charge in [0.05, 0.1) is 11.0 Å². The van der Waals surface area contributed by atoms with Crippen molar-refractivity contribution in [3.63, 3.8) is 0 Å². The highest BCUT2D eigenvalue weighted by Crippen LogP contribution is 2.50. The third-order valence-corrected chi connectivity index (χ3v) is 17.0. The van der Waals surface area contributed by atoms with Gasteiger partial charge in [-0.3, -0.25) is 0 Å². The fraction of sp³-hybridized carbons (Fsp3) is 0. The highest BCUT2D eigenvalue weighted by molar-refractivity contribution is 6.30. The van der Waals surface area contributed by atoms with Gasteiger partial charge in [0.1, 0.15) is 0 Å². The quantitative estimate of drug-likeness (QED) is 0.120. The number of aromatic nitrogens is 1. The SMILES string of the molecule is c1ccc2cc(-c3c4ccccc4c(-c4ccc5ccccc5c4)c4cc(-n5c6ccccc6c6cc(-c7c8ccccc8c(-c8ccc9ccc%10cccc%11ccc8c9c%10%11)c8ccccc78)ccc65)ccc34)ccc2c1. The molecule has 0 radical (unpaired) electrons. The van der Waals surface area contributed by atoms with E-state index in [-0.39, 0.29) is 0 Å². The van der Waals surface area contributed by atoms with Gasteiger partial charge in [-0.1, -0.05) is 231 Å². The van der Waals surface area contributed by atoms with E-state index in [0.717, 1.165) is 5.69 Å². The fourth-order valence-corrected chi connectivity index (χ4v) is 13.7. The zero-order chi connectivity index (χ0) is 50.3. The molecule has 77 heavy (non-hydrogen) atoms. The molecule has 0 aliphatic rings. The van der Waals surface area contributed by atoms with Crippen LogP contribution in [-0.2, 0) is 0 Å². The van der Waals surface area contributed by atoms with Crippen molar-refractivity contribution < 1.29 is 0 Å². The van der Waals surface area contributed by atoms with Crippen LogP contribution in [0, 0.1) is 0 Å². The first-order chi connectivity index (χ1) is 38.2. The lowest BCUT2D eigenvalue weighted by Gasteiger charge is -2.20. The van der Waals surface area contributed by atoms with Gasteiger partial charge < -0.3 is 4.57 Å². The van der Waals surface area contributed by atoms with Crippen molar-refractivity contribution >= 4 is 119 Å². The molecule has 1 heteroatoms. The molecular weight excluding hydrogens is 927 g/mol. The molecule has 0 saturated carbocycles. The van der Waals surface area contributed by atoms with Crippen molar-refractivity contribution in [3.05, 3.63) is 273 Å². The van der Waals surface area contributed by atoms with Crippen LogP contribution in [0.1, 0.15) is 0 Å². The van der Waals surface area contributed by atoms with Gasteiger partial charge in [-0.25, -0.2) is 0 Å². The summed E-state index contributed by atoms with van der Waals surface area (Å²) in [4.78, 5) is 0. The highest BCUT2D eigenvalue weighted by atomic mass is 15.0. The number of fused-ring (bicyclic) bond motifs is 9. The maximum absolute atomic E-state index is 2.50. The first-order valence-corrected chi connectivity index (χ1v) is 26.8. The fourth-order valence-electron chi connectivity index (χ4n) is 13.7. The van der Waals surface area contributed by atoms with Crippen LogP contribution in [0.3, 0.4) is 0 Å². The molecule has 354 valence electrons. The summed E-state index contributed by atoms with van der Waals surface area (Å²) in [6.45, 7) is 0. The van der Waals surface area contributed by atoms with Crippen molar-refractivity contribution in [3.8, 4) is 50.2 Å². The summed E-state index contributed by atoms with van der Waals surface area (Å²) >= 11 is 0. The monoisotopic (exact) mass is 971 g/mol. The minimum atomic E-state index is 1.13. The van der Waals surface area contributed by atoms with Crippen molar-refractivity contribution in [1.82, 2.24) is 4.57 Å². The lowest BCUT2D eigenvalue weighted by Crippen LogP contribution is -1.96. The van der Waals surface area contributed by atoms with Gasteiger partial charge in [0.25, 0.3) is 0 Å². The van der Waals surface area contributed by atoms with Crippen molar-refractivity contribution in [2.24, 2.45) is 0 Å². The van der Waals surface area contributed by atoms with E-state index >= 15 is 0 Å². The molecule has 1 nitrogen and oxygen atoms in total. The Morgan fingerprint density at radius 3 is 1.21 bits per heavy atom. The molecule has 1 aromatic heterocycles. The predicted molar refractivity (Wildman–Crippen MR) is 331 cm³/mol. The van der Waals surface area contributed by atoms with E-state index in [2.05, 4.69) is 278 Å². The number of nitrogens with zero attached hydrogens (tertiary/aromatic N) is 1. The van der Waals surface area contributed by atoms with E-state index < -0.39 is 0 Å². The number of rotatable bonds is 5. The Bertz CT molecular complexity index is 5270. The summed E-state index contributed by atoms with van der Waals surface area (Å²) in [5, 5.41) is 25.2. The number of hydrogen-bond donors (Lipinski definition) is 0. The molecule has 1 heterocycles. The molecule has 0 N–H and O–H groups in total. The molecule has 0 amide bonds. The zero-order valence-corrected chi connectivity index (χ0v) is 41.9. The average molecular weight is 972 g/mol. The third kappa shape index (κ3) is 6.17. The van der Waals surface area contributed by atoms with Gasteiger partial charge >= 0.3 is 0 Å². The molecular formula is C76H45N. The van der Waals surface area contributed by atoms with E-state index in [9.17, 15) is 0 Å². The number of para-hydroxylation sites is 1. The van der Waals surface area contributed by atoms with Crippen molar-refractivity contribution in [2.75, 3.05) is 0 Å². The maximum Gasteiger partial charge on any atom is 0.0541 e. The standard InChI is InChI=1S/C76H45N/c1-3-16-51-42-53(32-28-46(51)14-1)72-58-21-5-6-22-59(58)74(54-33-29-47-15-2-4-17-52(47)43-54)68-45-56(37-40-66(68)72)77-69-27-12-11-20-57(69)67-44-55(36-41-70(67)77)73-60-23-7-9-25-62(60)76(63-26-10-8-24-61(63)73)65-39-35-50-31-30-48-18-13-19-49-34-38-64(65)75(50)71(48)49/h1-45H. The van der Waals surface area contributed by atoms with Crippen molar-refractivity contribution in [1.29, 1.82) is 0 Å². The molecule has 0 atom stereocenters. The van der Waals surface area contributed by atoms with Crippen LogP contribution in [-0.4, -0.2) is 4.57 Å². The summed E-state index contributed by atoms with van der Waals surface area (Å²) < 4.78 is 2.50. The van der Waals surface area contributed by atoms with Crippen LogP contribution in [0.25, 0.3) is 169 Å². The molecule has 16 aromatic carbocycles. The maximum atomic E-state index is 2.50. The third-order valence-electron chi connectivity index (χ3n) is 17.0. The summed E-state index contributed by atoms with van der Waals surface area (Å²) in [7, 11) is 0. The number of benzene rings is 16. The molecule has 0 spiro atoms. The average Bonchev–Trinajstić information content (AvgIpc) is 3.90. The minimum absolute atomic E-state index is 1.13. The van der Waals surface area contributed by atoms with Gasteiger partial charge in [0.15, 0.2) is 0 Å². The van der Waals surface area contributed by atoms with E-state index in [0.29, 0.717) is 0 Å². The van der Waals surface area contributed by atoms with E-state index in [1.807, 2.05) is 0 Å². The van der Waals surface area contributed by atoms with Crippen LogP contribution in [0.4, 0.5) is 0 Å². The Morgan fingerprint density at radius 1 is 0.195 bits per heavy atom. The first kappa shape index (κ1) is 42.3. The van der Waals surface area contributed by atoms with Crippen LogP contribution < -0.4 is 0 Å². The summed E-state index contributed by atoms with van der Waals surface area (Å²) in [5.74, 6) is 0. The van der Waals surface area contributed by atoms with Crippen LogP contribution >= 0.6 is 0 Å². The summed E-state index contributed by atoms with van der Waals surface area (Å²) in [6, 6.07) is 103. The molecule has 17 rings (SSSR count). The van der Waals surface area contributed by atoms with Crippen molar-refractivity contribution in [2.45, 2.75) is 0 Å². The molecule has 0 saturated heterocycles. The molecule has 17 aromatic rings. The summed E-state index contributed by atoms with van der Waals surface area (Å²) in [6.07, 6.45) is 0. The zero-order valence-electron chi connectivity index (χ0n) is 41.9. The second-order valence-corrected chi connectivity index (χ2v) is 21.0. The summed E-state index contributed by atoms with van der Waals surface area (Å²) in [5.41, 5.74) is 13.4. The largest absolute Gasteiger partial charge is 0.309 e. The minimum Gasteiger partial charge on any atom is -0.309 e. The van der Waals surface area contributed by atoms with Gasteiger partial charge in [-0.2, -0.15) is 0 Å². The Kier molecular flexibility index (Phi) is 8.90. The molecule has 0 aliphatic heterocycles. The second-order valence-electron chi connectivity index (χ2n) is 21.0. The Balaban J connectivity index is 0.904.